The maximum absolute atomic E-state index is 12.2. The molecule has 0 unspecified atom stereocenters. The molecule has 6 heteroatoms. The Bertz CT molecular complexity index is 1020. The van der Waals surface area contributed by atoms with E-state index in [0.717, 1.165) is 10.5 Å². The molecule has 0 aliphatic rings. The molecule has 0 radical (unpaired) electrons. The van der Waals surface area contributed by atoms with E-state index < -0.39 is 5.97 Å². The Morgan fingerprint density at radius 2 is 1.63 bits per heavy atom. The number of hydrogen-bond acceptors (Lipinski definition) is 5. The Labute approximate surface area is 180 Å². The normalized spacial score (nSPS) is 11.8. The molecular formula is C24H22N2O3S. The molecule has 5 nitrogen and oxygen atoms in total. The smallest absolute Gasteiger partial charge is 0.343 e. The van der Waals surface area contributed by atoms with E-state index in [1.54, 1.807) is 54.7 Å². The summed E-state index contributed by atoms with van der Waals surface area (Å²) in [5.74, 6) is -0.150. The van der Waals surface area contributed by atoms with Crippen molar-refractivity contribution in [1.29, 1.82) is 0 Å². The average Bonchev–Trinajstić information content (AvgIpc) is 2.77. The summed E-state index contributed by atoms with van der Waals surface area (Å²) in [6.45, 7) is 3.87. The first-order chi connectivity index (χ1) is 14.5. The van der Waals surface area contributed by atoms with Crippen LogP contribution in [0, 0.1) is 6.92 Å². The van der Waals surface area contributed by atoms with Crippen molar-refractivity contribution in [2.24, 2.45) is 5.10 Å². The molecule has 30 heavy (non-hydrogen) atoms. The Kier molecular flexibility index (Phi) is 7.40. The quantitative estimate of drug-likeness (QED) is 0.196. The molecule has 152 valence electrons. The molecule has 0 aliphatic heterocycles. The van der Waals surface area contributed by atoms with Crippen LogP contribution in [0.25, 0.3) is 0 Å². The lowest BCUT2D eigenvalue weighted by Crippen LogP contribution is -2.26. The lowest BCUT2D eigenvalue weighted by atomic mass is 10.2. The number of nitrogens with one attached hydrogen (secondary N) is 1. The number of aryl methyl sites for hydroxylation is 1. The van der Waals surface area contributed by atoms with Crippen molar-refractivity contribution in [1.82, 2.24) is 5.43 Å². The fourth-order valence-electron chi connectivity index (χ4n) is 2.50. The Hall–Kier alpha value is -3.38. The number of esters is 1. The van der Waals surface area contributed by atoms with E-state index in [1.165, 1.54) is 17.3 Å². The highest BCUT2D eigenvalue weighted by Crippen LogP contribution is 2.23. The van der Waals surface area contributed by atoms with Gasteiger partial charge in [0, 0.05) is 4.90 Å². The average molecular weight is 419 g/mol. The lowest BCUT2D eigenvalue weighted by Gasteiger charge is -2.09. The van der Waals surface area contributed by atoms with Crippen molar-refractivity contribution < 1.29 is 14.3 Å². The highest BCUT2D eigenvalue weighted by Gasteiger charge is 2.13. The lowest BCUT2D eigenvalue weighted by molar-refractivity contribution is -0.120. The van der Waals surface area contributed by atoms with Gasteiger partial charge in [-0.1, -0.05) is 35.9 Å². The molecule has 1 amide bonds. The van der Waals surface area contributed by atoms with Crippen LogP contribution in [0.3, 0.4) is 0 Å². The van der Waals surface area contributed by atoms with Gasteiger partial charge in [0.25, 0.3) is 5.91 Å². The number of carbonyl (C=O) groups excluding carboxylic acids is 2. The highest BCUT2D eigenvalue weighted by atomic mass is 32.2. The molecule has 0 aliphatic carbocycles. The number of benzene rings is 3. The summed E-state index contributed by atoms with van der Waals surface area (Å²) >= 11 is 1.48. The van der Waals surface area contributed by atoms with Crippen molar-refractivity contribution in [3.05, 3.63) is 95.6 Å². The second-order valence-corrected chi connectivity index (χ2v) is 8.05. The van der Waals surface area contributed by atoms with Gasteiger partial charge in [0.1, 0.15) is 5.75 Å². The van der Waals surface area contributed by atoms with Crippen LogP contribution in [0.1, 0.15) is 28.4 Å². The molecular weight excluding hydrogens is 396 g/mol. The zero-order valence-electron chi connectivity index (χ0n) is 16.7. The second kappa shape index (κ2) is 10.4. The predicted molar refractivity (Wildman–Crippen MR) is 120 cm³/mol. The van der Waals surface area contributed by atoms with Crippen molar-refractivity contribution in [3.8, 4) is 5.75 Å². The molecule has 0 saturated carbocycles. The van der Waals surface area contributed by atoms with Crippen molar-refractivity contribution in [2.75, 3.05) is 0 Å². The molecule has 3 aromatic rings. The zero-order chi connectivity index (χ0) is 21.3. The van der Waals surface area contributed by atoms with Gasteiger partial charge in [0.05, 0.1) is 17.0 Å². The first-order valence-corrected chi connectivity index (χ1v) is 10.3. The van der Waals surface area contributed by atoms with Gasteiger partial charge in [0.15, 0.2) is 0 Å². The summed E-state index contributed by atoms with van der Waals surface area (Å²) in [5.41, 5.74) is 5.00. The van der Waals surface area contributed by atoms with Gasteiger partial charge in [-0.15, -0.1) is 11.8 Å². The van der Waals surface area contributed by atoms with Gasteiger partial charge in [-0.3, -0.25) is 4.79 Å². The molecule has 0 spiro atoms. The van der Waals surface area contributed by atoms with E-state index in [2.05, 4.69) is 10.5 Å². The number of rotatable bonds is 7. The van der Waals surface area contributed by atoms with Crippen LogP contribution in [0.4, 0.5) is 0 Å². The number of thioether (sulfide) groups is 1. The summed E-state index contributed by atoms with van der Waals surface area (Å²) in [6.07, 6.45) is 1.55. The summed E-state index contributed by atoms with van der Waals surface area (Å²) in [5, 5.41) is 3.74. The third kappa shape index (κ3) is 6.32. The molecule has 0 fully saturated rings. The molecule has 0 aromatic heterocycles. The van der Waals surface area contributed by atoms with Crippen LogP contribution in [0.2, 0.25) is 0 Å². The molecule has 3 rings (SSSR count). The number of ether oxygens (including phenoxy) is 1. The first-order valence-electron chi connectivity index (χ1n) is 9.45. The maximum atomic E-state index is 12.2. The van der Waals surface area contributed by atoms with Crippen LogP contribution < -0.4 is 10.2 Å². The van der Waals surface area contributed by atoms with E-state index in [1.807, 2.05) is 44.2 Å². The van der Waals surface area contributed by atoms with Gasteiger partial charge in [-0.05, 0) is 67.9 Å². The number of nitrogens with zero attached hydrogens (tertiary/aromatic N) is 1. The first kappa shape index (κ1) is 21.3. The van der Waals surface area contributed by atoms with Gasteiger partial charge in [-0.2, -0.15) is 5.10 Å². The fraction of sp³-hybridized carbons (Fsp3) is 0.125. The summed E-state index contributed by atoms with van der Waals surface area (Å²) in [7, 11) is 0. The van der Waals surface area contributed by atoms with E-state index >= 15 is 0 Å². The molecule has 0 saturated heterocycles. The van der Waals surface area contributed by atoms with E-state index in [9.17, 15) is 9.59 Å². The predicted octanol–water partition coefficient (Wildman–Crippen LogP) is 4.85. The van der Waals surface area contributed by atoms with Gasteiger partial charge < -0.3 is 4.74 Å². The van der Waals surface area contributed by atoms with Crippen LogP contribution in [0.5, 0.6) is 5.75 Å². The SMILES string of the molecule is Cc1ccc(S[C@@H](C)C(=O)N/N=C\c2ccc(OC(=O)c3ccccc3)cc2)cc1. The van der Waals surface area contributed by atoms with Crippen LogP contribution in [0.15, 0.2) is 88.9 Å². The molecule has 0 heterocycles. The minimum Gasteiger partial charge on any atom is -0.423 e. The second-order valence-electron chi connectivity index (χ2n) is 6.63. The molecule has 1 N–H and O–H groups in total. The Morgan fingerprint density at radius 1 is 0.967 bits per heavy atom. The summed E-state index contributed by atoms with van der Waals surface area (Å²) in [4.78, 5) is 25.3. The Balaban J connectivity index is 1.49. The van der Waals surface area contributed by atoms with Gasteiger partial charge in [0.2, 0.25) is 0 Å². The fourth-order valence-corrected chi connectivity index (χ4v) is 3.36. The van der Waals surface area contributed by atoms with E-state index in [-0.39, 0.29) is 11.2 Å². The monoisotopic (exact) mass is 418 g/mol. The molecule has 0 bridgehead atoms. The van der Waals surface area contributed by atoms with Crippen molar-refractivity contribution in [2.45, 2.75) is 24.0 Å². The van der Waals surface area contributed by atoms with E-state index in [0.29, 0.717) is 11.3 Å². The zero-order valence-corrected chi connectivity index (χ0v) is 17.6. The van der Waals surface area contributed by atoms with Gasteiger partial charge >= 0.3 is 5.97 Å². The highest BCUT2D eigenvalue weighted by molar-refractivity contribution is 8.00. The number of hydrazone groups is 1. The molecule has 3 aromatic carbocycles. The minimum atomic E-state index is -0.413. The Morgan fingerprint density at radius 3 is 2.30 bits per heavy atom. The van der Waals surface area contributed by atoms with Crippen LogP contribution in [-0.4, -0.2) is 23.3 Å². The maximum Gasteiger partial charge on any atom is 0.343 e. The van der Waals surface area contributed by atoms with Crippen LogP contribution in [-0.2, 0) is 4.79 Å². The summed E-state index contributed by atoms with van der Waals surface area (Å²) in [6, 6.07) is 23.7. The molecule has 1 atom stereocenters. The van der Waals surface area contributed by atoms with Crippen molar-refractivity contribution >= 4 is 29.9 Å². The minimum absolute atomic E-state index is 0.176. The van der Waals surface area contributed by atoms with Crippen molar-refractivity contribution in [3.63, 3.8) is 0 Å². The number of hydrogen-bond donors (Lipinski definition) is 1. The number of carbonyl (C=O) groups is 2. The van der Waals surface area contributed by atoms with Gasteiger partial charge in [-0.25, -0.2) is 10.2 Å². The third-order valence-corrected chi connectivity index (χ3v) is 5.30. The standard InChI is InChI=1S/C24H22N2O3S/c1-17-8-14-22(15-9-17)30-18(2)23(27)26-25-16-19-10-12-21(13-11-19)29-24(28)20-6-4-3-5-7-20/h3-16,18H,1-2H3,(H,26,27)/b25-16-/t18-/m0/s1. The summed E-state index contributed by atoms with van der Waals surface area (Å²) < 4.78 is 5.34. The number of amides is 1. The topological polar surface area (TPSA) is 67.8 Å². The van der Waals surface area contributed by atoms with Crippen LogP contribution >= 0.6 is 11.8 Å². The third-order valence-electron chi connectivity index (χ3n) is 4.19. The van der Waals surface area contributed by atoms with E-state index in [4.69, 9.17) is 4.74 Å². The largest absolute Gasteiger partial charge is 0.423 e.